The molecule has 0 unspecified atom stereocenters. The molecule has 2 aromatic rings. The van der Waals surface area contributed by atoms with Crippen LogP contribution in [0.5, 0.6) is 11.5 Å². The van der Waals surface area contributed by atoms with Crippen molar-refractivity contribution in [3.8, 4) is 11.5 Å². The highest BCUT2D eigenvalue weighted by molar-refractivity contribution is 5.95. The number of rotatable bonds is 11. The number of nitrogens with one attached hydrogen (secondary N) is 3. The normalized spacial score (nSPS) is 13.3. The van der Waals surface area contributed by atoms with Crippen LogP contribution >= 0.6 is 0 Å². The minimum absolute atomic E-state index is 0.0889. The molecule has 1 aliphatic rings. The molecular formula is C28H35F3N6O6. The number of benzene rings is 2. The van der Waals surface area contributed by atoms with Gasteiger partial charge in [-0.25, -0.2) is 4.79 Å². The second-order valence-corrected chi connectivity index (χ2v) is 9.52. The highest BCUT2D eigenvalue weighted by Crippen LogP contribution is 2.23. The number of hydrogen-bond donors (Lipinski definition) is 6. The summed E-state index contributed by atoms with van der Waals surface area (Å²) in [5.74, 6) is -1.69. The number of aryl methyl sites for hydroxylation is 1. The number of carbonyl (C=O) groups excluding carboxylic acids is 2. The van der Waals surface area contributed by atoms with Gasteiger partial charge in [-0.05, 0) is 49.2 Å². The number of aliphatic carboxylic acids is 1. The van der Waals surface area contributed by atoms with Gasteiger partial charge in [-0.3, -0.25) is 20.4 Å². The van der Waals surface area contributed by atoms with E-state index in [-0.39, 0.29) is 37.4 Å². The van der Waals surface area contributed by atoms with Crippen LogP contribution in [0.3, 0.4) is 0 Å². The Morgan fingerprint density at radius 2 is 1.63 bits per heavy atom. The van der Waals surface area contributed by atoms with Crippen molar-refractivity contribution < 1.29 is 42.1 Å². The molecule has 0 spiro atoms. The van der Waals surface area contributed by atoms with E-state index in [2.05, 4.69) is 5.32 Å². The van der Waals surface area contributed by atoms with Gasteiger partial charge in [-0.15, -0.1) is 0 Å². The number of primary amides is 1. The van der Waals surface area contributed by atoms with Crippen LogP contribution in [0.15, 0.2) is 42.5 Å². The van der Waals surface area contributed by atoms with Crippen LogP contribution in [0.4, 0.5) is 13.2 Å². The minimum atomic E-state index is -5.08. The van der Waals surface area contributed by atoms with Gasteiger partial charge in [0.05, 0.1) is 12.4 Å². The number of ether oxygens (including phenoxy) is 2. The van der Waals surface area contributed by atoms with Crippen LogP contribution in [0.2, 0.25) is 0 Å². The van der Waals surface area contributed by atoms with Gasteiger partial charge in [-0.2, -0.15) is 13.2 Å². The number of alkyl halides is 3. The number of likely N-dealkylation sites (tertiary alicyclic amines) is 1. The van der Waals surface area contributed by atoms with Crippen molar-refractivity contribution in [1.82, 2.24) is 10.2 Å². The highest BCUT2D eigenvalue weighted by Gasteiger charge is 2.38. The lowest BCUT2D eigenvalue weighted by Crippen LogP contribution is -2.40. The number of carboxylic acids is 1. The monoisotopic (exact) mass is 608 g/mol. The van der Waals surface area contributed by atoms with Gasteiger partial charge in [0.1, 0.15) is 30.0 Å². The maximum atomic E-state index is 12.5. The van der Waals surface area contributed by atoms with E-state index in [0.717, 1.165) is 31.5 Å². The largest absolute Gasteiger partial charge is 0.491 e. The molecule has 0 bridgehead atoms. The van der Waals surface area contributed by atoms with Crippen LogP contribution in [-0.4, -0.2) is 78.0 Å². The van der Waals surface area contributed by atoms with Crippen molar-refractivity contribution in [1.29, 1.82) is 10.8 Å². The Hall–Kier alpha value is -4.82. The first-order chi connectivity index (χ1) is 20.2. The highest BCUT2D eigenvalue weighted by atomic mass is 19.4. The van der Waals surface area contributed by atoms with E-state index in [1.165, 1.54) is 0 Å². The first-order valence-corrected chi connectivity index (χ1v) is 13.2. The van der Waals surface area contributed by atoms with Gasteiger partial charge in [0.15, 0.2) is 0 Å². The molecule has 234 valence electrons. The Bertz CT molecular complexity index is 1290. The summed E-state index contributed by atoms with van der Waals surface area (Å²) in [6.07, 6.45) is -2.68. The Kier molecular flexibility index (Phi) is 12.8. The summed E-state index contributed by atoms with van der Waals surface area (Å²) < 4.78 is 43.6. The summed E-state index contributed by atoms with van der Waals surface area (Å²) in [7, 11) is 0. The predicted octanol–water partition coefficient (Wildman–Crippen LogP) is 2.67. The SMILES string of the molecule is CC(=N)N1CCC(Oc2ccc(C(=O)NCCOc3cc(C(=N)N)ccc3CCC(N)=O)cc2)CC1.O=C(O)C(F)(F)F. The molecule has 1 heterocycles. The van der Waals surface area contributed by atoms with Crippen molar-refractivity contribution in [3.05, 3.63) is 59.2 Å². The van der Waals surface area contributed by atoms with E-state index in [0.29, 0.717) is 34.9 Å². The second kappa shape index (κ2) is 16.0. The van der Waals surface area contributed by atoms with Gasteiger partial charge in [-0.1, -0.05) is 12.1 Å². The number of carbonyl (C=O) groups is 3. The van der Waals surface area contributed by atoms with Crippen LogP contribution < -0.4 is 26.3 Å². The number of nitrogens with zero attached hydrogens (tertiary/aromatic N) is 1. The lowest BCUT2D eigenvalue weighted by atomic mass is 10.0. The van der Waals surface area contributed by atoms with E-state index in [1.54, 1.807) is 49.4 Å². The van der Waals surface area contributed by atoms with E-state index in [1.807, 2.05) is 4.90 Å². The van der Waals surface area contributed by atoms with Gasteiger partial charge < -0.3 is 36.3 Å². The fourth-order valence-electron chi connectivity index (χ4n) is 3.93. The summed E-state index contributed by atoms with van der Waals surface area (Å²) in [5.41, 5.74) is 12.6. The first-order valence-electron chi connectivity index (χ1n) is 13.2. The van der Waals surface area contributed by atoms with E-state index in [9.17, 15) is 22.8 Å². The zero-order valence-electron chi connectivity index (χ0n) is 23.5. The number of nitrogens with two attached hydrogens (primary N) is 2. The summed E-state index contributed by atoms with van der Waals surface area (Å²) in [6.45, 7) is 3.89. The van der Waals surface area contributed by atoms with Crippen LogP contribution in [0.25, 0.3) is 0 Å². The third-order valence-electron chi connectivity index (χ3n) is 6.24. The fraction of sp³-hybridized carbons (Fsp3) is 0.393. The number of halogens is 3. The lowest BCUT2D eigenvalue weighted by Gasteiger charge is -2.32. The summed E-state index contributed by atoms with van der Waals surface area (Å²) in [6, 6.07) is 12.1. The number of nitrogen functional groups attached to an aromatic ring is 1. The molecule has 43 heavy (non-hydrogen) atoms. The molecule has 1 saturated heterocycles. The van der Waals surface area contributed by atoms with E-state index >= 15 is 0 Å². The maximum Gasteiger partial charge on any atom is 0.490 e. The minimum Gasteiger partial charge on any atom is -0.491 e. The Morgan fingerprint density at radius 3 is 2.14 bits per heavy atom. The van der Waals surface area contributed by atoms with Crippen LogP contribution in [0, 0.1) is 10.8 Å². The molecule has 2 amide bonds. The second-order valence-electron chi connectivity index (χ2n) is 9.52. The molecule has 0 radical (unpaired) electrons. The van der Waals surface area contributed by atoms with Gasteiger partial charge in [0.2, 0.25) is 5.91 Å². The van der Waals surface area contributed by atoms with E-state index in [4.69, 9.17) is 41.7 Å². The molecular weight excluding hydrogens is 573 g/mol. The quantitative estimate of drug-likeness (QED) is 0.127. The topological polar surface area (TPSA) is 205 Å². The molecule has 8 N–H and O–H groups in total. The first kappa shape index (κ1) is 34.4. The predicted molar refractivity (Wildman–Crippen MR) is 152 cm³/mol. The van der Waals surface area contributed by atoms with Gasteiger partial charge >= 0.3 is 12.1 Å². The molecule has 0 aliphatic carbocycles. The average molecular weight is 609 g/mol. The lowest BCUT2D eigenvalue weighted by molar-refractivity contribution is -0.192. The molecule has 1 aliphatic heterocycles. The zero-order valence-corrected chi connectivity index (χ0v) is 23.5. The Labute approximate surface area is 246 Å². The Balaban J connectivity index is 0.000000821. The molecule has 0 atom stereocenters. The third-order valence-corrected chi connectivity index (χ3v) is 6.24. The van der Waals surface area contributed by atoms with Crippen molar-refractivity contribution in [2.75, 3.05) is 26.2 Å². The molecule has 2 aromatic carbocycles. The fourth-order valence-corrected chi connectivity index (χ4v) is 3.93. The number of amides is 2. The average Bonchev–Trinajstić information content (AvgIpc) is 2.94. The van der Waals surface area contributed by atoms with Crippen molar-refractivity contribution in [2.24, 2.45) is 11.5 Å². The molecule has 3 rings (SSSR count). The third kappa shape index (κ3) is 11.9. The Morgan fingerprint density at radius 1 is 1.05 bits per heavy atom. The van der Waals surface area contributed by atoms with E-state index < -0.39 is 18.1 Å². The standard InChI is InChI=1S/C26H34N6O4.C2HF3O2/c1-17(27)32-13-10-22(11-14-32)36-21-7-4-19(5-8-21)26(34)31-12-15-35-23-16-20(25(29)30)3-2-18(23)6-9-24(28)33;3-2(4,5)1(6)7/h2-5,7-8,16,22,27H,6,9-15H2,1H3,(H2,28,33)(H3,29,30)(H,31,34);(H,6,7). The smallest absolute Gasteiger partial charge is 0.490 e. The van der Waals surface area contributed by atoms with Gasteiger partial charge in [0.25, 0.3) is 5.91 Å². The summed E-state index contributed by atoms with van der Waals surface area (Å²) >= 11 is 0. The number of carboxylic acid groups (broad SMARTS) is 1. The van der Waals surface area contributed by atoms with Crippen molar-refractivity contribution >= 4 is 29.5 Å². The number of hydrogen-bond acceptors (Lipinski definition) is 7. The van der Waals surface area contributed by atoms with Crippen molar-refractivity contribution in [2.45, 2.75) is 44.9 Å². The zero-order chi connectivity index (χ0) is 32.2. The molecule has 0 saturated carbocycles. The van der Waals surface area contributed by atoms with Crippen molar-refractivity contribution in [3.63, 3.8) is 0 Å². The van der Waals surface area contributed by atoms with Gasteiger partial charge in [0, 0.05) is 43.5 Å². The van der Waals surface area contributed by atoms with Crippen LogP contribution in [-0.2, 0) is 16.0 Å². The molecule has 15 heteroatoms. The number of amidine groups is 2. The van der Waals surface area contributed by atoms with Crippen LogP contribution in [0.1, 0.15) is 47.7 Å². The molecule has 0 aromatic heterocycles. The summed E-state index contributed by atoms with van der Waals surface area (Å²) in [4.78, 5) is 34.6. The maximum absolute atomic E-state index is 12.5. The molecule has 1 fully saturated rings. The summed E-state index contributed by atoms with van der Waals surface area (Å²) in [5, 5.41) is 25.3. The number of piperidine rings is 1. The molecule has 12 nitrogen and oxygen atoms in total.